The van der Waals surface area contributed by atoms with Crippen molar-refractivity contribution < 1.29 is 18.3 Å². The lowest BCUT2D eigenvalue weighted by Crippen LogP contribution is -2.39. The number of morpholine rings is 1. The van der Waals surface area contributed by atoms with E-state index in [-0.39, 0.29) is 33.3 Å². The van der Waals surface area contributed by atoms with E-state index in [9.17, 15) is 14.0 Å². The zero-order valence-electron chi connectivity index (χ0n) is 17.4. The van der Waals surface area contributed by atoms with E-state index in [4.69, 9.17) is 20.8 Å². The third-order valence-corrected chi connectivity index (χ3v) is 6.34. The Balaban J connectivity index is 1.55. The number of carbonyl (C=O) groups is 1. The van der Waals surface area contributed by atoms with Crippen LogP contribution < -0.4 is 5.43 Å². The van der Waals surface area contributed by atoms with E-state index in [2.05, 4.69) is 4.90 Å². The van der Waals surface area contributed by atoms with Crippen molar-refractivity contribution in [2.45, 2.75) is 12.5 Å². The van der Waals surface area contributed by atoms with Crippen LogP contribution in [0, 0.1) is 5.82 Å². The summed E-state index contributed by atoms with van der Waals surface area (Å²) in [5.41, 5.74) is 0.371. The van der Waals surface area contributed by atoms with Crippen molar-refractivity contribution >= 4 is 28.5 Å². The van der Waals surface area contributed by atoms with Crippen molar-refractivity contribution in [1.29, 1.82) is 0 Å². The Labute approximate surface area is 189 Å². The Morgan fingerprint density at radius 3 is 2.62 bits per heavy atom. The van der Waals surface area contributed by atoms with E-state index in [0.29, 0.717) is 31.2 Å². The van der Waals surface area contributed by atoms with Crippen molar-refractivity contribution in [2.75, 3.05) is 39.4 Å². The van der Waals surface area contributed by atoms with E-state index < -0.39 is 17.8 Å². The molecule has 1 atom stereocenters. The van der Waals surface area contributed by atoms with Gasteiger partial charge in [0.05, 0.1) is 30.2 Å². The van der Waals surface area contributed by atoms with Crippen LogP contribution in [0.4, 0.5) is 4.39 Å². The first kappa shape index (κ1) is 21.1. The quantitative estimate of drug-likeness (QED) is 0.583. The largest absolute Gasteiger partial charge is 0.450 e. The van der Waals surface area contributed by atoms with Crippen LogP contribution in [0.15, 0.2) is 51.7 Å². The zero-order valence-corrected chi connectivity index (χ0v) is 18.1. The van der Waals surface area contributed by atoms with Gasteiger partial charge in [-0.15, -0.1) is 0 Å². The molecule has 1 aromatic heterocycles. The molecule has 8 heteroatoms. The number of nitrogens with zero attached hydrogens (tertiary/aromatic N) is 2. The normalized spacial score (nSPS) is 19.0. The van der Waals surface area contributed by atoms with Gasteiger partial charge < -0.3 is 14.1 Å². The summed E-state index contributed by atoms with van der Waals surface area (Å²) >= 11 is 6.09. The van der Waals surface area contributed by atoms with Gasteiger partial charge in [-0.3, -0.25) is 14.5 Å². The maximum atomic E-state index is 14.8. The van der Waals surface area contributed by atoms with E-state index >= 15 is 0 Å². The lowest BCUT2D eigenvalue weighted by atomic mass is 9.98. The smallest absolute Gasteiger partial charge is 0.290 e. The van der Waals surface area contributed by atoms with Crippen LogP contribution >= 0.6 is 11.6 Å². The molecule has 1 amide bonds. The summed E-state index contributed by atoms with van der Waals surface area (Å²) < 4.78 is 26.1. The first-order valence-electron chi connectivity index (χ1n) is 10.7. The lowest BCUT2D eigenvalue weighted by molar-refractivity contribution is 0.0353. The molecule has 1 saturated heterocycles. The molecule has 0 unspecified atom stereocenters. The lowest BCUT2D eigenvalue weighted by Gasteiger charge is -2.29. The summed E-state index contributed by atoms with van der Waals surface area (Å²) in [4.78, 5) is 30.6. The Hall–Kier alpha value is -2.74. The molecular formula is C24H22ClFN2O4. The van der Waals surface area contributed by atoms with Crippen molar-refractivity contribution in [3.63, 3.8) is 0 Å². The second-order valence-corrected chi connectivity index (χ2v) is 8.48. The van der Waals surface area contributed by atoms with Gasteiger partial charge in [0.15, 0.2) is 5.43 Å². The molecular weight excluding hydrogens is 435 g/mol. The molecule has 0 radical (unpaired) electrons. The van der Waals surface area contributed by atoms with Gasteiger partial charge in [0, 0.05) is 36.8 Å². The molecule has 0 bridgehead atoms. The molecule has 32 heavy (non-hydrogen) atoms. The van der Waals surface area contributed by atoms with Crippen molar-refractivity contribution in [1.82, 2.24) is 9.80 Å². The molecule has 0 saturated carbocycles. The fourth-order valence-corrected chi connectivity index (χ4v) is 4.70. The minimum Gasteiger partial charge on any atom is -0.450 e. The van der Waals surface area contributed by atoms with Crippen LogP contribution in [-0.2, 0) is 4.74 Å². The average Bonchev–Trinajstić information content (AvgIpc) is 3.07. The van der Waals surface area contributed by atoms with Crippen LogP contribution in [-0.4, -0.2) is 55.1 Å². The second kappa shape index (κ2) is 8.65. The molecule has 2 aliphatic rings. The van der Waals surface area contributed by atoms with Crippen molar-refractivity contribution in [3.8, 4) is 0 Å². The summed E-state index contributed by atoms with van der Waals surface area (Å²) in [6.45, 7) is 4.23. The Morgan fingerprint density at radius 2 is 1.84 bits per heavy atom. The van der Waals surface area contributed by atoms with Crippen molar-refractivity contribution in [2.24, 2.45) is 0 Å². The number of ether oxygens (including phenoxy) is 1. The third-order valence-electron chi connectivity index (χ3n) is 6.10. The number of halogens is 2. The molecule has 2 aliphatic heterocycles. The Morgan fingerprint density at radius 1 is 1.06 bits per heavy atom. The first-order valence-corrected chi connectivity index (χ1v) is 11.0. The predicted octanol–water partition coefficient (Wildman–Crippen LogP) is 3.85. The molecule has 0 spiro atoms. The molecule has 0 aliphatic carbocycles. The van der Waals surface area contributed by atoms with Crippen LogP contribution in [0.25, 0.3) is 11.0 Å². The zero-order chi connectivity index (χ0) is 22.2. The molecule has 2 aromatic carbocycles. The molecule has 3 heterocycles. The number of rotatable bonds is 5. The highest BCUT2D eigenvalue weighted by atomic mass is 35.5. The van der Waals surface area contributed by atoms with Gasteiger partial charge >= 0.3 is 0 Å². The Kier molecular flexibility index (Phi) is 5.71. The van der Waals surface area contributed by atoms with Gasteiger partial charge in [0.2, 0.25) is 5.76 Å². The SMILES string of the molecule is O=C1c2oc3ccc(Cl)cc3c(=O)c2[C@@H](c2ccccc2F)N1CCCN1CCOCC1. The van der Waals surface area contributed by atoms with Gasteiger partial charge in [0.25, 0.3) is 5.91 Å². The number of hydrogen-bond acceptors (Lipinski definition) is 5. The number of carbonyl (C=O) groups excluding carboxylic acids is 1. The topological polar surface area (TPSA) is 63.0 Å². The molecule has 166 valence electrons. The van der Waals surface area contributed by atoms with Crippen molar-refractivity contribution in [3.05, 3.63) is 80.4 Å². The minimum absolute atomic E-state index is 0.0237. The summed E-state index contributed by atoms with van der Waals surface area (Å²) in [5.74, 6) is -0.893. The Bertz CT molecular complexity index is 1240. The molecule has 0 N–H and O–H groups in total. The highest BCUT2D eigenvalue weighted by Crippen LogP contribution is 2.39. The van der Waals surface area contributed by atoms with E-state index in [1.165, 1.54) is 12.1 Å². The number of hydrogen-bond donors (Lipinski definition) is 0. The fourth-order valence-electron chi connectivity index (χ4n) is 4.53. The minimum atomic E-state index is -0.844. The van der Waals surface area contributed by atoms with Gasteiger partial charge in [-0.25, -0.2) is 4.39 Å². The highest BCUT2D eigenvalue weighted by molar-refractivity contribution is 6.31. The molecule has 3 aromatic rings. The maximum Gasteiger partial charge on any atom is 0.290 e. The highest BCUT2D eigenvalue weighted by Gasteiger charge is 2.43. The first-order chi connectivity index (χ1) is 15.5. The summed E-state index contributed by atoms with van der Waals surface area (Å²) in [6.07, 6.45) is 0.685. The third kappa shape index (κ3) is 3.70. The maximum absolute atomic E-state index is 14.8. The number of amides is 1. The van der Waals surface area contributed by atoms with Crippen LogP contribution in [0.5, 0.6) is 0 Å². The monoisotopic (exact) mass is 456 g/mol. The molecule has 1 fully saturated rings. The van der Waals surface area contributed by atoms with Gasteiger partial charge in [-0.2, -0.15) is 0 Å². The molecule has 5 rings (SSSR count). The predicted molar refractivity (Wildman–Crippen MR) is 119 cm³/mol. The van der Waals surface area contributed by atoms with E-state index in [0.717, 1.165) is 19.6 Å². The van der Waals surface area contributed by atoms with Gasteiger partial charge in [-0.05, 0) is 30.7 Å². The molecule has 6 nitrogen and oxygen atoms in total. The van der Waals surface area contributed by atoms with Crippen LogP contribution in [0.3, 0.4) is 0 Å². The van der Waals surface area contributed by atoms with E-state index in [1.807, 2.05) is 0 Å². The van der Waals surface area contributed by atoms with Gasteiger partial charge in [-0.1, -0.05) is 29.8 Å². The van der Waals surface area contributed by atoms with E-state index in [1.54, 1.807) is 35.2 Å². The fraction of sp³-hybridized carbons (Fsp3) is 0.333. The number of benzene rings is 2. The van der Waals surface area contributed by atoms with Gasteiger partial charge in [0.1, 0.15) is 11.4 Å². The van der Waals surface area contributed by atoms with Crippen LogP contribution in [0.2, 0.25) is 5.02 Å². The average molecular weight is 457 g/mol. The standard InChI is InChI=1S/C24H22ClFN2O4/c25-15-6-7-19-17(14-15)22(29)20-21(16-4-1-2-5-18(16)26)28(24(30)23(20)32-19)9-3-8-27-10-12-31-13-11-27/h1-2,4-7,14,21H,3,8-13H2/t21-/m1/s1. The van der Waals surface area contributed by atoms with Crippen LogP contribution in [0.1, 0.15) is 34.1 Å². The number of fused-ring (bicyclic) bond motifs is 2. The summed E-state index contributed by atoms with van der Waals surface area (Å²) in [6, 6.07) is 10.1. The summed E-state index contributed by atoms with van der Waals surface area (Å²) in [7, 11) is 0. The summed E-state index contributed by atoms with van der Waals surface area (Å²) in [5, 5.41) is 0.666. The second-order valence-electron chi connectivity index (χ2n) is 8.04.